The zero-order chi connectivity index (χ0) is 18.1. The number of aromatic nitrogens is 3. The third kappa shape index (κ3) is 3.37. The summed E-state index contributed by atoms with van der Waals surface area (Å²) >= 11 is 0. The van der Waals surface area contributed by atoms with Gasteiger partial charge in [-0.3, -0.25) is 4.79 Å². The molecule has 2 aliphatic heterocycles. The Morgan fingerprint density at radius 1 is 1.31 bits per heavy atom. The van der Waals surface area contributed by atoms with E-state index in [1.165, 1.54) is 0 Å². The molecule has 0 bridgehead atoms. The molecule has 144 valence electrons. The predicted molar refractivity (Wildman–Crippen MR) is 96.6 cm³/mol. The smallest absolute Gasteiger partial charge is 0.276 e. The van der Waals surface area contributed by atoms with Crippen LogP contribution in [0.4, 0.5) is 0 Å². The summed E-state index contributed by atoms with van der Waals surface area (Å²) in [6.45, 7) is 2.92. The highest BCUT2D eigenvalue weighted by Gasteiger charge is 2.44. The van der Waals surface area contributed by atoms with Crippen LogP contribution in [-0.2, 0) is 0 Å². The standard InChI is InChI=1S/C18H30N6O2/c19-13-2-4-14(5-3-13)24-10-15(21-22-24)17(26)23-9-1-7-18(12-23)11-20-8-6-16(18)25/h10,13-14,16,20,25H,1-9,11-12,19H2/t13?,14?,16-,18-/m0/s1. The number of nitrogens with one attached hydrogen (secondary N) is 1. The molecule has 1 aliphatic carbocycles. The van der Waals surface area contributed by atoms with Crippen molar-refractivity contribution in [3.63, 3.8) is 0 Å². The third-order valence-corrected chi connectivity index (χ3v) is 6.52. The summed E-state index contributed by atoms with van der Waals surface area (Å²) in [5, 5.41) is 22.3. The topological polar surface area (TPSA) is 109 Å². The van der Waals surface area contributed by atoms with Gasteiger partial charge in [0.1, 0.15) is 0 Å². The van der Waals surface area contributed by atoms with Crippen LogP contribution in [-0.4, -0.2) is 69.2 Å². The lowest BCUT2D eigenvalue weighted by molar-refractivity contribution is -0.0434. The van der Waals surface area contributed by atoms with Crippen LogP contribution in [0.15, 0.2) is 6.20 Å². The van der Waals surface area contributed by atoms with Crippen LogP contribution in [0.1, 0.15) is 61.5 Å². The molecule has 8 heteroatoms. The number of nitrogens with two attached hydrogens (primary N) is 1. The molecule has 3 fully saturated rings. The number of hydrogen-bond acceptors (Lipinski definition) is 6. The molecular formula is C18H30N6O2. The van der Waals surface area contributed by atoms with Crippen LogP contribution in [0.25, 0.3) is 0 Å². The number of piperidine rings is 2. The summed E-state index contributed by atoms with van der Waals surface area (Å²) in [5.74, 6) is -0.0689. The largest absolute Gasteiger partial charge is 0.392 e. The van der Waals surface area contributed by atoms with E-state index < -0.39 is 0 Å². The molecule has 1 aromatic rings. The minimum absolute atomic E-state index is 0.0689. The number of hydrogen-bond donors (Lipinski definition) is 3. The summed E-state index contributed by atoms with van der Waals surface area (Å²) in [6, 6.07) is 0.580. The lowest BCUT2D eigenvalue weighted by atomic mass is 9.72. The fourth-order valence-electron chi connectivity index (χ4n) is 4.83. The second-order valence-electron chi connectivity index (χ2n) is 8.33. The maximum absolute atomic E-state index is 13.0. The van der Waals surface area contributed by atoms with Crippen molar-refractivity contribution in [1.82, 2.24) is 25.2 Å². The van der Waals surface area contributed by atoms with E-state index in [0.717, 1.165) is 64.6 Å². The Balaban J connectivity index is 1.44. The number of amides is 1. The van der Waals surface area contributed by atoms with Gasteiger partial charge in [0, 0.05) is 31.1 Å². The van der Waals surface area contributed by atoms with Crippen LogP contribution in [0.2, 0.25) is 0 Å². The van der Waals surface area contributed by atoms with Crippen molar-refractivity contribution in [2.24, 2.45) is 11.1 Å². The molecule has 0 aromatic carbocycles. The Labute approximate surface area is 154 Å². The van der Waals surface area contributed by atoms with Gasteiger partial charge < -0.3 is 21.1 Å². The normalized spacial score (nSPS) is 35.6. The highest BCUT2D eigenvalue weighted by atomic mass is 16.3. The first-order valence-electron chi connectivity index (χ1n) is 9.93. The van der Waals surface area contributed by atoms with Crippen molar-refractivity contribution in [2.75, 3.05) is 26.2 Å². The number of rotatable bonds is 2. The molecule has 0 radical (unpaired) electrons. The molecule has 8 nitrogen and oxygen atoms in total. The lowest BCUT2D eigenvalue weighted by Crippen LogP contribution is -2.58. The van der Waals surface area contributed by atoms with Gasteiger partial charge in [-0.15, -0.1) is 5.10 Å². The summed E-state index contributed by atoms with van der Waals surface area (Å²) in [4.78, 5) is 14.8. The quantitative estimate of drug-likeness (QED) is 0.698. The minimum atomic E-state index is -0.346. The monoisotopic (exact) mass is 362 g/mol. The first kappa shape index (κ1) is 17.9. The molecular weight excluding hydrogens is 332 g/mol. The van der Waals surface area contributed by atoms with Crippen molar-refractivity contribution in [1.29, 1.82) is 0 Å². The third-order valence-electron chi connectivity index (χ3n) is 6.52. The van der Waals surface area contributed by atoms with Gasteiger partial charge in [0.15, 0.2) is 5.69 Å². The van der Waals surface area contributed by atoms with Gasteiger partial charge in [0.25, 0.3) is 5.91 Å². The Bertz CT molecular complexity index is 637. The Kier molecular flexibility index (Phi) is 4.98. The summed E-state index contributed by atoms with van der Waals surface area (Å²) in [5.41, 5.74) is 6.17. The average molecular weight is 362 g/mol. The van der Waals surface area contributed by atoms with Crippen LogP contribution >= 0.6 is 0 Å². The fourth-order valence-corrected chi connectivity index (χ4v) is 4.83. The molecule has 1 aromatic heterocycles. The number of nitrogens with zero attached hydrogens (tertiary/aromatic N) is 4. The Morgan fingerprint density at radius 2 is 2.12 bits per heavy atom. The molecule has 1 saturated carbocycles. The highest BCUT2D eigenvalue weighted by molar-refractivity contribution is 5.92. The first-order chi connectivity index (χ1) is 12.6. The molecule has 1 amide bonds. The van der Waals surface area contributed by atoms with E-state index in [1.54, 1.807) is 6.20 Å². The van der Waals surface area contributed by atoms with Crippen LogP contribution < -0.4 is 11.1 Å². The van der Waals surface area contributed by atoms with Crippen molar-refractivity contribution in [3.05, 3.63) is 11.9 Å². The maximum atomic E-state index is 13.0. The molecule has 3 heterocycles. The predicted octanol–water partition coefficient (Wildman–Crippen LogP) is 0.297. The SMILES string of the molecule is NC1CCC(n2cc(C(=O)N3CCC[C@]4(CNCC[C@@H]4O)C3)nn2)CC1. The van der Waals surface area contributed by atoms with Crippen molar-refractivity contribution in [2.45, 2.75) is 63.1 Å². The molecule has 1 spiro atoms. The van der Waals surface area contributed by atoms with E-state index >= 15 is 0 Å². The van der Waals surface area contributed by atoms with E-state index in [1.807, 2.05) is 9.58 Å². The number of likely N-dealkylation sites (tertiary alicyclic amines) is 1. The van der Waals surface area contributed by atoms with Gasteiger partial charge in [-0.2, -0.15) is 0 Å². The molecule has 26 heavy (non-hydrogen) atoms. The van der Waals surface area contributed by atoms with Crippen LogP contribution in [0.3, 0.4) is 0 Å². The average Bonchev–Trinajstić information content (AvgIpc) is 3.15. The van der Waals surface area contributed by atoms with Crippen molar-refractivity contribution in [3.8, 4) is 0 Å². The maximum Gasteiger partial charge on any atom is 0.276 e. The van der Waals surface area contributed by atoms with Gasteiger partial charge in [-0.05, 0) is 51.5 Å². The Hall–Kier alpha value is -1.51. The number of aliphatic hydroxyl groups is 1. The Morgan fingerprint density at radius 3 is 2.88 bits per heavy atom. The molecule has 0 unspecified atom stereocenters. The number of carbonyl (C=O) groups is 1. The van der Waals surface area contributed by atoms with E-state index in [2.05, 4.69) is 15.6 Å². The number of carbonyl (C=O) groups excluding carboxylic acids is 1. The van der Waals surface area contributed by atoms with Gasteiger partial charge >= 0.3 is 0 Å². The summed E-state index contributed by atoms with van der Waals surface area (Å²) < 4.78 is 1.84. The van der Waals surface area contributed by atoms with Crippen LogP contribution in [0.5, 0.6) is 0 Å². The molecule has 2 atom stereocenters. The first-order valence-corrected chi connectivity index (χ1v) is 9.93. The molecule has 4 rings (SSSR count). The van der Waals surface area contributed by atoms with Crippen molar-refractivity contribution >= 4 is 5.91 Å². The molecule has 4 N–H and O–H groups in total. The van der Waals surface area contributed by atoms with Crippen molar-refractivity contribution < 1.29 is 9.90 Å². The zero-order valence-corrected chi connectivity index (χ0v) is 15.3. The second kappa shape index (κ2) is 7.25. The zero-order valence-electron chi connectivity index (χ0n) is 15.3. The number of aliphatic hydroxyl groups excluding tert-OH is 1. The van der Waals surface area contributed by atoms with E-state index in [9.17, 15) is 9.90 Å². The lowest BCUT2D eigenvalue weighted by Gasteiger charge is -2.48. The minimum Gasteiger partial charge on any atom is -0.392 e. The van der Waals surface area contributed by atoms with Gasteiger partial charge in [0.05, 0.1) is 18.3 Å². The van der Waals surface area contributed by atoms with Gasteiger partial charge in [0.2, 0.25) is 0 Å². The van der Waals surface area contributed by atoms with E-state index in [-0.39, 0.29) is 23.5 Å². The molecule has 3 aliphatic rings. The second-order valence-corrected chi connectivity index (χ2v) is 8.33. The van der Waals surface area contributed by atoms with Gasteiger partial charge in [-0.25, -0.2) is 4.68 Å². The molecule has 2 saturated heterocycles. The van der Waals surface area contributed by atoms with Crippen LogP contribution in [0, 0.1) is 5.41 Å². The fraction of sp³-hybridized carbons (Fsp3) is 0.833. The summed E-state index contributed by atoms with van der Waals surface area (Å²) in [6.07, 6.45) is 8.04. The van der Waals surface area contributed by atoms with Gasteiger partial charge in [-0.1, -0.05) is 5.21 Å². The highest BCUT2D eigenvalue weighted by Crippen LogP contribution is 2.36. The van der Waals surface area contributed by atoms with E-state index in [0.29, 0.717) is 18.3 Å². The summed E-state index contributed by atoms with van der Waals surface area (Å²) in [7, 11) is 0. The van der Waals surface area contributed by atoms with E-state index in [4.69, 9.17) is 5.73 Å².